The molecular formula is C13H11BrFN3S2. The van der Waals surface area contributed by atoms with E-state index < -0.39 is 0 Å². The number of aryl methyl sites for hydroxylation is 1. The molecule has 0 saturated carbocycles. The largest absolute Gasteiger partial charge is 0.331 e. The molecule has 0 radical (unpaired) electrons. The van der Waals surface area contributed by atoms with Gasteiger partial charge in [0.2, 0.25) is 0 Å². The SMILES string of the molecule is Cc1cnc(C(C)n2c(=S)[nH]c3cc(Br)c(F)cc32)s1. The molecule has 0 saturated heterocycles. The predicted octanol–water partition coefficient (Wildman–Crippen LogP) is 4.97. The molecular weight excluding hydrogens is 361 g/mol. The van der Waals surface area contributed by atoms with Gasteiger partial charge in [-0.2, -0.15) is 0 Å². The Kier molecular flexibility index (Phi) is 3.51. The predicted molar refractivity (Wildman–Crippen MR) is 85.4 cm³/mol. The van der Waals surface area contributed by atoms with Gasteiger partial charge in [-0.25, -0.2) is 9.37 Å². The molecule has 3 nitrogen and oxygen atoms in total. The third-order valence-corrected chi connectivity index (χ3v) is 5.13. The summed E-state index contributed by atoms with van der Waals surface area (Å²) >= 11 is 10.2. The van der Waals surface area contributed by atoms with Gasteiger partial charge in [0.25, 0.3) is 0 Å². The Morgan fingerprint density at radius 2 is 2.25 bits per heavy atom. The van der Waals surface area contributed by atoms with Gasteiger partial charge in [0.15, 0.2) is 4.77 Å². The van der Waals surface area contributed by atoms with E-state index in [1.807, 2.05) is 24.6 Å². The Morgan fingerprint density at radius 1 is 1.50 bits per heavy atom. The molecule has 7 heteroatoms. The zero-order chi connectivity index (χ0) is 14.4. The van der Waals surface area contributed by atoms with Crippen molar-refractivity contribution in [3.05, 3.63) is 43.3 Å². The summed E-state index contributed by atoms with van der Waals surface area (Å²) in [5.41, 5.74) is 1.56. The Labute approximate surface area is 132 Å². The molecule has 0 amide bonds. The maximum absolute atomic E-state index is 13.8. The molecule has 3 rings (SSSR count). The van der Waals surface area contributed by atoms with Gasteiger partial charge in [-0.05, 0) is 48.1 Å². The van der Waals surface area contributed by atoms with E-state index in [-0.39, 0.29) is 11.9 Å². The minimum Gasteiger partial charge on any atom is -0.331 e. The van der Waals surface area contributed by atoms with E-state index in [4.69, 9.17) is 12.2 Å². The number of benzene rings is 1. The molecule has 20 heavy (non-hydrogen) atoms. The van der Waals surface area contributed by atoms with Crippen molar-refractivity contribution in [1.29, 1.82) is 0 Å². The van der Waals surface area contributed by atoms with Crippen LogP contribution in [0.1, 0.15) is 22.9 Å². The summed E-state index contributed by atoms with van der Waals surface area (Å²) in [6.45, 7) is 4.03. The lowest BCUT2D eigenvalue weighted by Crippen LogP contribution is -2.06. The lowest BCUT2D eigenvalue weighted by Gasteiger charge is -2.11. The van der Waals surface area contributed by atoms with Gasteiger partial charge in [-0.3, -0.25) is 0 Å². The van der Waals surface area contributed by atoms with Crippen LogP contribution in [0.4, 0.5) is 4.39 Å². The van der Waals surface area contributed by atoms with Crippen LogP contribution in [0.15, 0.2) is 22.8 Å². The second-order valence-corrected chi connectivity index (χ2v) is 7.08. The number of H-pyrrole nitrogens is 1. The fourth-order valence-electron chi connectivity index (χ4n) is 2.18. The Morgan fingerprint density at radius 3 is 2.90 bits per heavy atom. The lowest BCUT2D eigenvalue weighted by molar-refractivity contribution is 0.616. The number of halogens is 2. The zero-order valence-electron chi connectivity index (χ0n) is 10.8. The number of hydrogen-bond acceptors (Lipinski definition) is 3. The summed E-state index contributed by atoms with van der Waals surface area (Å²) in [4.78, 5) is 8.65. The van der Waals surface area contributed by atoms with E-state index in [2.05, 4.69) is 25.9 Å². The molecule has 2 aromatic heterocycles. The van der Waals surface area contributed by atoms with Crippen molar-refractivity contribution in [3.8, 4) is 0 Å². The summed E-state index contributed by atoms with van der Waals surface area (Å²) in [7, 11) is 0. The topological polar surface area (TPSA) is 33.6 Å². The van der Waals surface area contributed by atoms with Crippen molar-refractivity contribution < 1.29 is 4.39 Å². The van der Waals surface area contributed by atoms with Crippen molar-refractivity contribution in [1.82, 2.24) is 14.5 Å². The first-order valence-electron chi connectivity index (χ1n) is 5.99. The fraction of sp³-hybridized carbons (Fsp3) is 0.231. The summed E-state index contributed by atoms with van der Waals surface area (Å²) in [5.74, 6) is -0.303. The van der Waals surface area contributed by atoms with Crippen LogP contribution in [0.2, 0.25) is 0 Å². The molecule has 0 bridgehead atoms. The normalized spacial score (nSPS) is 13.0. The molecule has 1 aromatic carbocycles. The number of fused-ring (bicyclic) bond motifs is 1. The zero-order valence-corrected chi connectivity index (χ0v) is 14.0. The van der Waals surface area contributed by atoms with Gasteiger partial charge in [-0.1, -0.05) is 0 Å². The number of aromatic nitrogens is 3. The molecule has 104 valence electrons. The molecule has 0 aliphatic heterocycles. The van der Waals surface area contributed by atoms with Gasteiger partial charge in [0.05, 0.1) is 21.5 Å². The van der Waals surface area contributed by atoms with Gasteiger partial charge in [-0.15, -0.1) is 11.3 Å². The number of hydrogen-bond donors (Lipinski definition) is 1. The maximum atomic E-state index is 13.8. The minimum absolute atomic E-state index is 0.0319. The highest BCUT2D eigenvalue weighted by Crippen LogP contribution is 2.29. The van der Waals surface area contributed by atoms with Gasteiger partial charge < -0.3 is 9.55 Å². The molecule has 0 aliphatic carbocycles. The van der Waals surface area contributed by atoms with Crippen LogP contribution in [0.25, 0.3) is 11.0 Å². The van der Waals surface area contributed by atoms with Crippen molar-refractivity contribution >= 4 is 50.5 Å². The first-order chi connectivity index (χ1) is 9.47. The van der Waals surface area contributed by atoms with Crippen LogP contribution in [-0.4, -0.2) is 14.5 Å². The number of thiazole rings is 1. The molecule has 0 spiro atoms. The van der Waals surface area contributed by atoms with Gasteiger partial charge in [0.1, 0.15) is 10.8 Å². The molecule has 3 aromatic rings. The van der Waals surface area contributed by atoms with Crippen LogP contribution in [0.5, 0.6) is 0 Å². The third kappa shape index (κ3) is 2.23. The van der Waals surface area contributed by atoms with E-state index in [1.165, 1.54) is 6.07 Å². The molecule has 1 atom stereocenters. The summed E-state index contributed by atoms with van der Waals surface area (Å²) in [6, 6.07) is 3.16. The average molecular weight is 372 g/mol. The van der Waals surface area contributed by atoms with Gasteiger partial charge in [0, 0.05) is 17.1 Å². The molecule has 0 fully saturated rings. The third-order valence-electron chi connectivity index (χ3n) is 3.14. The fourth-order valence-corrected chi connectivity index (χ4v) is 3.71. The smallest absolute Gasteiger partial charge is 0.178 e. The quantitative estimate of drug-likeness (QED) is 0.644. The first kappa shape index (κ1) is 13.9. The monoisotopic (exact) mass is 371 g/mol. The number of imidazole rings is 1. The van der Waals surface area contributed by atoms with Crippen LogP contribution < -0.4 is 0 Å². The second kappa shape index (κ2) is 5.05. The molecule has 1 unspecified atom stereocenters. The van der Waals surface area contributed by atoms with Crippen molar-refractivity contribution in [2.24, 2.45) is 0 Å². The number of nitrogens with zero attached hydrogens (tertiary/aromatic N) is 2. The average Bonchev–Trinajstić information content (AvgIpc) is 2.93. The second-order valence-electron chi connectivity index (χ2n) is 4.57. The van der Waals surface area contributed by atoms with E-state index in [0.717, 1.165) is 20.9 Å². The minimum atomic E-state index is -0.303. The Balaban J connectivity index is 2.23. The Bertz CT molecular complexity index is 849. The summed E-state index contributed by atoms with van der Waals surface area (Å²) < 4.78 is 16.7. The highest BCUT2D eigenvalue weighted by molar-refractivity contribution is 9.10. The lowest BCUT2D eigenvalue weighted by atomic mass is 10.2. The van der Waals surface area contributed by atoms with E-state index in [9.17, 15) is 4.39 Å². The summed E-state index contributed by atoms with van der Waals surface area (Å²) in [5, 5.41) is 0.961. The van der Waals surface area contributed by atoms with E-state index in [1.54, 1.807) is 17.4 Å². The summed E-state index contributed by atoms with van der Waals surface area (Å²) in [6.07, 6.45) is 1.84. The number of rotatable bonds is 2. The Hall–Kier alpha value is -1.05. The van der Waals surface area contributed by atoms with Crippen molar-refractivity contribution in [3.63, 3.8) is 0 Å². The molecule has 1 N–H and O–H groups in total. The molecule has 2 heterocycles. The maximum Gasteiger partial charge on any atom is 0.178 e. The van der Waals surface area contributed by atoms with Crippen LogP contribution in [0.3, 0.4) is 0 Å². The standard InChI is InChI=1S/C13H11BrFN3S2/c1-6-5-16-12(20-6)7(2)18-11-4-9(15)8(14)3-10(11)17-13(18)19/h3-5,7H,1-2H3,(H,17,19). The number of nitrogens with one attached hydrogen (secondary N) is 1. The first-order valence-corrected chi connectivity index (χ1v) is 8.00. The van der Waals surface area contributed by atoms with E-state index >= 15 is 0 Å². The van der Waals surface area contributed by atoms with E-state index in [0.29, 0.717) is 9.24 Å². The molecule has 0 aliphatic rings. The highest BCUT2D eigenvalue weighted by Gasteiger charge is 2.17. The number of aromatic amines is 1. The van der Waals surface area contributed by atoms with Crippen LogP contribution in [-0.2, 0) is 0 Å². The van der Waals surface area contributed by atoms with Crippen molar-refractivity contribution in [2.45, 2.75) is 19.9 Å². The van der Waals surface area contributed by atoms with Crippen molar-refractivity contribution in [2.75, 3.05) is 0 Å². The highest BCUT2D eigenvalue weighted by atomic mass is 79.9. The van der Waals surface area contributed by atoms with Crippen LogP contribution >= 0.6 is 39.5 Å². The van der Waals surface area contributed by atoms with Crippen LogP contribution in [0, 0.1) is 17.5 Å². The van der Waals surface area contributed by atoms with Gasteiger partial charge >= 0.3 is 0 Å².